The zero-order chi connectivity index (χ0) is 30.2. The van der Waals surface area contributed by atoms with E-state index in [1.165, 1.54) is 75.0 Å². The highest BCUT2D eigenvalue weighted by Gasteiger charge is 2.39. The third-order valence-electron chi connectivity index (χ3n) is 10.5. The van der Waals surface area contributed by atoms with Crippen LogP contribution >= 0.6 is 0 Å². The van der Waals surface area contributed by atoms with E-state index in [-0.39, 0.29) is 17.4 Å². The highest BCUT2D eigenvalue weighted by atomic mass is 16.5. The van der Waals surface area contributed by atoms with Gasteiger partial charge in [0.2, 0.25) is 5.91 Å². The molecule has 3 fully saturated rings. The molecule has 2 aromatic carbocycles. The molecule has 0 radical (unpaired) electrons. The fraction of sp³-hybridized carbons (Fsp3) is 0.658. The van der Waals surface area contributed by atoms with Gasteiger partial charge in [0, 0.05) is 24.5 Å². The van der Waals surface area contributed by atoms with Crippen LogP contribution in [-0.4, -0.2) is 78.6 Å². The monoisotopic (exact) mass is 587 g/mol. The van der Waals surface area contributed by atoms with Gasteiger partial charge in [-0.2, -0.15) is 0 Å². The van der Waals surface area contributed by atoms with Gasteiger partial charge in [-0.05, 0) is 139 Å². The predicted octanol–water partition coefficient (Wildman–Crippen LogP) is 7.04. The molecule has 0 unspecified atom stereocenters. The van der Waals surface area contributed by atoms with Gasteiger partial charge in [0.25, 0.3) is 0 Å². The predicted molar refractivity (Wildman–Crippen MR) is 178 cm³/mol. The van der Waals surface area contributed by atoms with Crippen molar-refractivity contribution >= 4 is 5.91 Å². The highest BCUT2D eigenvalue weighted by Crippen LogP contribution is 2.39. The maximum Gasteiger partial charge on any atom is 0.227 e. The first-order valence-corrected chi connectivity index (χ1v) is 17.5. The summed E-state index contributed by atoms with van der Waals surface area (Å²) in [5.74, 6) is 1.09. The Morgan fingerprint density at radius 2 is 1.67 bits per heavy atom. The smallest absolute Gasteiger partial charge is 0.227 e. The second kappa shape index (κ2) is 15.1. The number of piperidine rings is 3. The SMILES string of the molecule is CCc1ccc([C@@]2(CCN3CCC(N4CCCCC4)CC3)CCCN(C(=O)Cc3cccc(OC(C)C)c3)C2)cc1CC. The molecular weight excluding hydrogens is 530 g/mol. The molecule has 0 bridgehead atoms. The molecule has 0 aromatic heterocycles. The Balaban J connectivity index is 1.30. The first-order chi connectivity index (χ1) is 20.9. The molecule has 0 spiro atoms. The van der Waals surface area contributed by atoms with Crippen molar-refractivity contribution in [3.63, 3.8) is 0 Å². The lowest BCUT2D eigenvalue weighted by Crippen LogP contribution is -2.51. The van der Waals surface area contributed by atoms with Gasteiger partial charge < -0.3 is 19.4 Å². The largest absolute Gasteiger partial charge is 0.491 e. The fourth-order valence-electron chi connectivity index (χ4n) is 8.01. The van der Waals surface area contributed by atoms with E-state index in [0.29, 0.717) is 6.42 Å². The minimum absolute atomic E-state index is 0.0103. The van der Waals surface area contributed by atoms with Gasteiger partial charge in [-0.25, -0.2) is 0 Å². The fourth-order valence-corrected chi connectivity index (χ4v) is 8.01. The van der Waals surface area contributed by atoms with Crippen LogP contribution in [-0.2, 0) is 29.5 Å². The van der Waals surface area contributed by atoms with Gasteiger partial charge in [-0.15, -0.1) is 0 Å². The third kappa shape index (κ3) is 8.22. The highest BCUT2D eigenvalue weighted by molar-refractivity contribution is 5.79. The number of carbonyl (C=O) groups excluding carboxylic acids is 1. The molecule has 43 heavy (non-hydrogen) atoms. The number of benzene rings is 2. The number of nitrogens with zero attached hydrogens (tertiary/aromatic N) is 3. The number of hydrogen-bond acceptors (Lipinski definition) is 4. The molecule has 3 heterocycles. The lowest BCUT2D eigenvalue weighted by atomic mass is 9.70. The van der Waals surface area contributed by atoms with Crippen LogP contribution in [0.3, 0.4) is 0 Å². The summed E-state index contributed by atoms with van der Waals surface area (Å²) in [7, 11) is 0. The van der Waals surface area contributed by atoms with E-state index < -0.39 is 0 Å². The first-order valence-electron chi connectivity index (χ1n) is 17.5. The zero-order valence-corrected chi connectivity index (χ0v) is 27.6. The molecule has 1 amide bonds. The van der Waals surface area contributed by atoms with Gasteiger partial charge in [0.05, 0.1) is 12.5 Å². The molecule has 2 aromatic rings. The average Bonchev–Trinajstić information content (AvgIpc) is 3.04. The van der Waals surface area contributed by atoms with Crippen LogP contribution in [0.4, 0.5) is 0 Å². The first kappa shape index (κ1) is 32.0. The topological polar surface area (TPSA) is 36.0 Å². The van der Waals surface area contributed by atoms with Crippen molar-refractivity contribution in [1.82, 2.24) is 14.7 Å². The second-order valence-corrected chi connectivity index (χ2v) is 13.8. The Bertz CT molecular complexity index is 1180. The number of hydrogen-bond donors (Lipinski definition) is 0. The van der Waals surface area contributed by atoms with Crippen molar-refractivity contribution in [2.45, 2.75) is 116 Å². The van der Waals surface area contributed by atoms with Crippen LogP contribution < -0.4 is 4.74 Å². The number of amides is 1. The standard InChI is InChI=1S/C38H57N3O2/c1-5-32-14-15-34(28-33(32)6-2)38(19-25-39-23-16-35(17-24-39)40-20-8-7-9-21-40)18-11-22-41(29-38)37(42)27-31-12-10-13-36(26-31)43-30(3)4/h10,12-15,26,28,30,35H,5-9,11,16-25,27,29H2,1-4H3/t38-/m1/s1. The van der Waals surface area contributed by atoms with Crippen molar-refractivity contribution in [3.8, 4) is 5.75 Å². The summed E-state index contributed by atoms with van der Waals surface area (Å²) in [5.41, 5.74) is 5.45. The molecule has 0 N–H and O–H groups in total. The molecule has 3 aliphatic heterocycles. The normalized spacial score (nSPS) is 22.7. The number of carbonyl (C=O) groups is 1. The Labute approximate surface area is 262 Å². The Morgan fingerprint density at radius 1 is 0.907 bits per heavy atom. The Kier molecular flexibility index (Phi) is 11.2. The van der Waals surface area contributed by atoms with Crippen molar-refractivity contribution in [2.24, 2.45) is 0 Å². The van der Waals surface area contributed by atoms with Crippen LogP contribution in [0, 0.1) is 0 Å². The van der Waals surface area contributed by atoms with Gasteiger partial charge >= 0.3 is 0 Å². The minimum Gasteiger partial charge on any atom is -0.491 e. The molecular formula is C38H57N3O2. The van der Waals surface area contributed by atoms with Crippen molar-refractivity contribution in [3.05, 3.63) is 64.7 Å². The average molecular weight is 588 g/mol. The van der Waals surface area contributed by atoms with Gasteiger partial charge in [0.15, 0.2) is 0 Å². The Morgan fingerprint density at radius 3 is 2.40 bits per heavy atom. The Hall–Kier alpha value is -2.37. The zero-order valence-electron chi connectivity index (χ0n) is 27.6. The molecule has 5 rings (SSSR count). The summed E-state index contributed by atoms with van der Waals surface area (Å²) in [5, 5.41) is 0. The summed E-state index contributed by atoms with van der Waals surface area (Å²) in [6, 6.07) is 16.2. The maximum absolute atomic E-state index is 13.8. The lowest BCUT2D eigenvalue weighted by Gasteiger charge is -2.46. The molecule has 0 aliphatic carbocycles. The minimum atomic E-state index is 0.0103. The van der Waals surface area contributed by atoms with Crippen LogP contribution in [0.5, 0.6) is 5.75 Å². The number of likely N-dealkylation sites (tertiary alicyclic amines) is 3. The molecule has 5 nitrogen and oxygen atoms in total. The van der Waals surface area contributed by atoms with Crippen LogP contribution in [0.25, 0.3) is 0 Å². The van der Waals surface area contributed by atoms with Crippen molar-refractivity contribution in [2.75, 3.05) is 45.8 Å². The number of rotatable bonds is 11. The maximum atomic E-state index is 13.8. The van der Waals surface area contributed by atoms with Gasteiger partial charge in [-0.3, -0.25) is 4.79 Å². The summed E-state index contributed by atoms with van der Waals surface area (Å²) in [4.78, 5) is 21.5. The quantitative estimate of drug-likeness (QED) is 0.283. The van der Waals surface area contributed by atoms with Crippen LogP contribution in [0.2, 0.25) is 0 Å². The number of aryl methyl sites for hydroxylation is 2. The molecule has 3 aliphatic rings. The van der Waals surface area contributed by atoms with Crippen molar-refractivity contribution in [1.29, 1.82) is 0 Å². The third-order valence-corrected chi connectivity index (χ3v) is 10.5. The molecule has 3 saturated heterocycles. The van der Waals surface area contributed by atoms with E-state index in [1.807, 2.05) is 32.0 Å². The van der Waals surface area contributed by atoms with E-state index in [2.05, 4.69) is 52.8 Å². The summed E-state index contributed by atoms with van der Waals surface area (Å²) < 4.78 is 5.91. The molecule has 1 atom stereocenters. The molecule has 236 valence electrons. The summed E-state index contributed by atoms with van der Waals surface area (Å²) >= 11 is 0. The van der Waals surface area contributed by atoms with E-state index in [4.69, 9.17) is 4.74 Å². The molecule has 5 heteroatoms. The van der Waals surface area contributed by atoms with E-state index in [1.54, 1.807) is 0 Å². The number of ether oxygens (including phenoxy) is 1. The van der Waals surface area contributed by atoms with Gasteiger partial charge in [-0.1, -0.05) is 50.6 Å². The van der Waals surface area contributed by atoms with Crippen molar-refractivity contribution < 1.29 is 9.53 Å². The van der Waals surface area contributed by atoms with E-state index in [9.17, 15) is 4.79 Å². The summed E-state index contributed by atoms with van der Waals surface area (Å²) in [6.45, 7) is 16.5. The molecule has 0 saturated carbocycles. The van der Waals surface area contributed by atoms with E-state index in [0.717, 1.165) is 69.1 Å². The van der Waals surface area contributed by atoms with Gasteiger partial charge in [0.1, 0.15) is 5.75 Å². The second-order valence-electron chi connectivity index (χ2n) is 13.8. The van der Waals surface area contributed by atoms with Crippen LogP contribution in [0.15, 0.2) is 42.5 Å². The van der Waals surface area contributed by atoms with Crippen LogP contribution in [0.1, 0.15) is 101 Å². The van der Waals surface area contributed by atoms with E-state index >= 15 is 0 Å². The lowest BCUT2D eigenvalue weighted by molar-refractivity contribution is -0.132. The summed E-state index contributed by atoms with van der Waals surface area (Å²) in [6.07, 6.45) is 12.8.